The number of rotatable bonds is 9. The van der Waals surface area contributed by atoms with Crippen LogP contribution in [0.4, 0.5) is 5.82 Å². The summed E-state index contributed by atoms with van der Waals surface area (Å²) in [4.78, 5) is 41.1. The Morgan fingerprint density at radius 2 is 1.67 bits per heavy atom. The molecule has 3 aromatic rings. The van der Waals surface area contributed by atoms with Gasteiger partial charge in [-0.15, -0.1) is 0 Å². The number of ether oxygens (including phenoxy) is 1. The summed E-state index contributed by atoms with van der Waals surface area (Å²) in [7, 11) is 6.86. The molecule has 1 aliphatic carbocycles. The summed E-state index contributed by atoms with van der Waals surface area (Å²) < 4.78 is 7.63. The zero-order valence-corrected chi connectivity index (χ0v) is 25.7. The van der Waals surface area contributed by atoms with Crippen molar-refractivity contribution in [3.63, 3.8) is 0 Å². The molecule has 8 heteroatoms. The highest BCUT2D eigenvalue weighted by Gasteiger charge is 2.22. The topological polar surface area (TPSA) is 76.8 Å². The van der Waals surface area contributed by atoms with Gasteiger partial charge in [-0.25, -0.2) is 4.79 Å². The zero-order valence-electron chi connectivity index (χ0n) is 25.7. The van der Waals surface area contributed by atoms with E-state index in [0.29, 0.717) is 11.7 Å². The number of esters is 1. The quantitative estimate of drug-likeness (QED) is 0.273. The average molecular weight is 583 g/mol. The van der Waals surface area contributed by atoms with Gasteiger partial charge in [0.2, 0.25) is 0 Å². The lowest BCUT2D eigenvalue weighted by molar-refractivity contribution is -0.139. The van der Waals surface area contributed by atoms with Gasteiger partial charge in [0.25, 0.3) is 5.56 Å². The molecule has 1 fully saturated rings. The lowest BCUT2D eigenvalue weighted by atomic mass is 9.91. The third kappa shape index (κ3) is 6.91. The monoisotopic (exact) mass is 582 g/mol. The number of carbonyl (C=O) groups excluding carboxylic acids is 1. The fourth-order valence-corrected chi connectivity index (χ4v) is 6.18. The number of hydrogen-bond donors (Lipinski definition) is 0. The highest BCUT2D eigenvalue weighted by Crippen LogP contribution is 2.35. The molecule has 1 saturated heterocycles. The minimum absolute atomic E-state index is 0.237. The van der Waals surface area contributed by atoms with E-state index in [1.165, 1.54) is 30.9 Å². The first-order valence-electron chi connectivity index (χ1n) is 15.1. The fraction of sp³-hybridized carbons (Fsp3) is 0.400. The van der Waals surface area contributed by atoms with Crippen LogP contribution in [0.1, 0.15) is 53.5 Å². The summed E-state index contributed by atoms with van der Waals surface area (Å²) >= 11 is 0. The van der Waals surface area contributed by atoms with Gasteiger partial charge >= 0.3 is 11.7 Å². The SMILES string of the molecule is COC(=O)Cc1ccc2c(c1)C(=CCCN(C)CCC1CCN(c3cc(=O)n(C)c(=O)n3C)CC1)c1ccccc1C=C2. The normalized spacial score (nSPS) is 15.8. The van der Waals surface area contributed by atoms with Crippen molar-refractivity contribution in [1.29, 1.82) is 0 Å². The molecule has 8 nitrogen and oxygen atoms in total. The maximum atomic E-state index is 12.4. The molecule has 1 aliphatic heterocycles. The van der Waals surface area contributed by atoms with E-state index in [-0.39, 0.29) is 23.6 Å². The molecule has 0 unspecified atom stereocenters. The van der Waals surface area contributed by atoms with Gasteiger partial charge in [-0.2, -0.15) is 0 Å². The molecule has 0 amide bonds. The Kier molecular flexibility index (Phi) is 9.46. The molecule has 2 heterocycles. The number of carbonyl (C=O) groups is 1. The number of piperidine rings is 1. The second-order valence-electron chi connectivity index (χ2n) is 11.8. The number of fused-ring (bicyclic) bond motifs is 2. The Balaban J connectivity index is 1.20. The maximum absolute atomic E-state index is 12.4. The van der Waals surface area contributed by atoms with Gasteiger partial charge < -0.3 is 14.5 Å². The summed E-state index contributed by atoms with van der Waals surface area (Å²) in [5.41, 5.74) is 6.29. The summed E-state index contributed by atoms with van der Waals surface area (Å²) in [6, 6.07) is 16.3. The second-order valence-corrected chi connectivity index (χ2v) is 11.8. The molecule has 0 bridgehead atoms. The lowest BCUT2D eigenvalue weighted by Crippen LogP contribution is -2.43. The smallest absolute Gasteiger partial charge is 0.332 e. The van der Waals surface area contributed by atoms with E-state index in [2.05, 4.69) is 71.5 Å². The van der Waals surface area contributed by atoms with Crippen LogP contribution in [0.15, 0.2) is 64.2 Å². The predicted octanol–water partition coefficient (Wildman–Crippen LogP) is 4.34. The van der Waals surface area contributed by atoms with Crippen LogP contribution < -0.4 is 16.1 Å². The standard InChI is InChI=1S/C35H42N4O4/c1-36(19-15-25-16-20-39(21-17-25)32-24-33(40)38(3)35(42)37(32)2)18-7-10-30-29-9-6-5-8-27(29)13-14-28-12-11-26(22-31(28)30)23-34(41)43-4/h5-6,8-14,22,24-25H,7,15-21,23H2,1-4H3. The van der Waals surface area contributed by atoms with Crippen molar-refractivity contribution in [3.05, 3.63) is 103 Å². The Morgan fingerprint density at radius 3 is 2.42 bits per heavy atom. The molecule has 2 aliphatic rings. The maximum Gasteiger partial charge on any atom is 0.332 e. The molecule has 2 aromatic carbocycles. The van der Waals surface area contributed by atoms with Crippen molar-refractivity contribution < 1.29 is 9.53 Å². The minimum atomic E-state index is -0.282. The van der Waals surface area contributed by atoms with E-state index in [4.69, 9.17) is 4.74 Å². The Bertz CT molecular complexity index is 1660. The number of aromatic nitrogens is 2. The van der Waals surface area contributed by atoms with Crippen molar-refractivity contribution in [2.45, 2.75) is 32.1 Å². The van der Waals surface area contributed by atoms with Crippen LogP contribution in [0, 0.1) is 5.92 Å². The van der Waals surface area contributed by atoms with Gasteiger partial charge in [-0.05, 0) is 84.7 Å². The first-order chi connectivity index (χ1) is 20.7. The van der Waals surface area contributed by atoms with Crippen LogP contribution in [-0.4, -0.2) is 60.3 Å². The van der Waals surface area contributed by atoms with Crippen molar-refractivity contribution in [3.8, 4) is 0 Å². The van der Waals surface area contributed by atoms with E-state index in [0.717, 1.165) is 73.1 Å². The molecule has 0 radical (unpaired) electrons. The van der Waals surface area contributed by atoms with Crippen LogP contribution in [-0.2, 0) is 30.0 Å². The van der Waals surface area contributed by atoms with Crippen LogP contribution in [0.5, 0.6) is 0 Å². The number of hydrogen-bond acceptors (Lipinski definition) is 6. The molecule has 0 N–H and O–H groups in total. The zero-order chi connectivity index (χ0) is 30.5. The van der Waals surface area contributed by atoms with E-state index in [9.17, 15) is 14.4 Å². The molecule has 0 saturated carbocycles. The lowest BCUT2D eigenvalue weighted by Gasteiger charge is -2.34. The Morgan fingerprint density at radius 1 is 0.953 bits per heavy atom. The highest BCUT2D eigenvalue weighted by molar-refractivity contribution is 5.94. The summed E-state index contributed by atoms with van der Waals surface area (Å²) in [6.07, 6.45) is 11.1. The predicted molar refractivity (Wildman–Crippen MR) is 173 cm³/mol. The fourth-order valence-electron chi connectivity index (χ4n) is 6.18. The molecule has 0 spiro atoms. The summed E-state index contributed by atoms with van der Waals surface area (Å²) in [5.74, 6) is 1.10. The summed E-state index contributed by atoms with van der Waals surface area (Å²) in [5, 5.41) is 0. The van der Waals surface area contributed by atoms with Crippen molar-refractivity contribution in [2.24, 2.45) is 20.0 Å². The van der Waals surface area contributed by atoms with Gasteiger partial charge in [0.15, 0.2) is 0 Å². The molecular weight excluding hydrogens is 540 g/mol. The van der Waals surface area contributed by atoms with E-state index in [1.807, 2.05) is 6.07 Å². The Hall–Kier alpha value is -4.17. The van der Waals surface area contributed by atoms with Crippen LogP contribution in [0.2, 0.25) is 0 Å². The molecular formula is C35H42N4O4. The third-order valence-electron chi connectivity index (χ3n) is 8.89. The van der Waals surface area contributed by atoms with E-state index < -0.39 is 0 Å². The van der Waals surface area contributed by atoms with Gasteiger partial charge in [-0.3, -0.25) is 18.7 Å². The van der Waals surface area contributed by atoms with Gasteiger partial charge in [-0.1, -0.05) is 54.6 Å². The summed E-state index contributed by atoms with van der Waals surface area (Å²) in [6.45, 7) is 3.68. The molecule has 1 aromatic heterocycles. The van der Waals surface area contributed by atoms with Crippen LogP contribution in [0.3, 0.4) is 0 Å². The second kappa shape index (κ2) is 13.4. The van der Waals surface area contributed by atoms with Crippen molar-refractivity contribution in [2.75, 3.05) is 45.2 Å². The number of methoxy groups -OCH3 is 1. The van der Waals surface area contributed by atoms with Gasteiger partial charge in [0.1, 0.15) is 5.82 Å². The first kappa shape index (κ1) is 30.3. The molecule has 0 atom stereocenters. The Labute approximate surface area is 253 Å². The van der Waals surface area contributed by atoms with E-state index in [1.54, 1.807) is 17.7 Å². The largest absolute Gasteiger partial charge is 0.469 e. The number of anilines is 1. The van der Waals surface area contributed by atoms with Crippen LogP contribution in [0.25, 0.3) is 17.7 Å². The molecule has 5 rings (SSSR count). The first-order valence-corrected chi connectivity index (χ1v) is 15.1. The molecule has 43 heavy (non-hydrogen) atoms. The van der Waals surface area contributed by atoms with E-state index >= 15 is 0 Å². The van der Waals surface area contributed by atoms with Crippen LogP contribution >= 0.6 is 0 Å². The minimum Gasteiger partial charge on any atom is -0.469 e. The third-order valence-corrected chi connectivity index (χ3v) is 8.89. The number of nitrogens with zero attached hydrogens (tertiary/aromatic N) is 4. The van der Waals surface area contributed by atoms with Crippen molar-refractivity contribution >= 4 is 29.5 Å². The van der Waals surface area contributed by atoms with Gasteiger partial charge in [0, 0.05) is 39.8 Å². The average Bonchev–Trinajstić information content (AvgIpc) is 3.17. The number of benzene rings is 2. The van der Waals surface area contributed by atoms with Gasteiger partial charge in [0.05, 0.1) is 13.5 Å². The molecule has 226 valence electrons. The highest BCUT2D eigenvalue weighted by atomic mass is 16.5. The van der Waals surface area contributed by atoms with Crippen molar-refractivity contribution in [1.82, 2.24) is 14.0 Å².